The van der Waals surface area contributed by atoms with Crippen molar-refractivity contribution in [2.45, 2.75) is 13.0 Å². The number of ether oxygens (including phenoxy) is 2. The summed E-state index contributed by atoms with van der Waals surface area (Å²) in [6.45, 7) is 2.11. The number of pyridine rings is 2. The van der Waals surface area contributed by atoms with Crippen LogP contribution in [0.3, 0.4) is 0 Å². The lowest BCUT2D eigenvalue weighted by Gasteiger charge is -2.37. The van der Waals surface area contributed by atoms with Crippen molar-refractivity contribution in [3.05, 3.63) is 39.4 Å². The average molecular weight is 420 g/mol. The van der Waals surface area contributed by atoms with Gasteiger partial charge in [-0.3, -0.25) is 9.36 Å². The van der Waals surface area contributed by atoms with Crippen molar-refractivity contribution in [3.63, 3.8) is 0 Å². The number of aliphatic hydroxyl groups is 1. The molecule has 3 aromatic heterocycles. The van der Waals surface area contributed by atoms with Crippen LogP contribution in [-0.4, -0.2) is 58.5 Å². The highest BCUT2D eigenvalue weighted by Gasteiger charge is 2.32. The molecule has 4 heterocycles. The Morgan fingerprint density at radius 3 is 2.79 bits per heavy atom. The number of thiazole rings is 1. The standard InChI is InChI=1S/C18H17FN4O5S/c1-3-28-17(26)10-8-23(18-20-4-5-29-18)15-11(13(10)25)14(27-2)12(19)16(21-15)22-6-9(24)7-22/h4-5,8-9,24H,3,6-7H2,1-2H3. The molecule has 3 aromatic rings. The van der Waals surface area contributed by atoms with Gasteiger partial charge in [0.2, 0.25) is 11.2 Å². The normalized spacial score (nSPS) is 14.1. The highest BCUT2D eigenvalue weighted by atomic mass is 32.1. The number of aliphatic hydroxyl groups excluding tert-OH is 1. The van der Waals surface area contributed by atoms with Gasteiger partial charge in [-0.1, -0.05) is 0 Å². The molecule has 0 spiro atoms. The molecule has 0 amide bonds. The van der Waals surface area contributed by atoms with Gasteiger partial charge in [-0.25, -0.2) is 14.8 Å². The first kappa shape index (κ1) is 19.3. The Hall–Kier alpha value is -3.05. The minimum Gasteiger partial charge on any atom is -0.493 e. The summed E-state index contributed by atoms with van der Waals surface area (Å²) in [5, 5.41) is 11.5. The van der Waals surface area contributed by atoms with Crippen molar-refractivity contribution < 1.29 is 23.8 Å². The van der Waals surface area contributed by atoms with Gasteiger partial charge in [-0.2, -0.15) is 4.39 Å². The van der Waals surface area contributed by atoms with Gasteiger partial charge in [0.05, 0.1) is 19.8 Å². The summed E-state index contributed by atoms with van der Waals surface area (Å²) in [6.07, 6.45) is 2.27. The van der Waals surface area contributed by atoms with Gasteiger partial charge in [0.15, 0.2) is 22.3 Å². The molecule has 0 aliphatic carbocycles. The van der Waals surface area contributed by atoms with Crippen molar-refractivity contribution in [2.75, 3.05) is 31.7 Å². The number of fused-ring (bicyclic) bond motifs is 1. The molecule has 0 aromatic carbocycles. The predicted octanol–water partition coefficient (Wildman–Crippen LogP) is 1.35. The fourth-order valence-electron chi connectivity index (χ4n) is 3.15. The van der Waals surface area contributed by atoms with Crippen LogP contribution in [-0.2, 0) is 4.74 Å². The molecule has 9 nitrogen and oxygen atoms in total. The molecule has 1 aliphatic heterocycles. The molecule has 1 fully saturated rings. The van der Waals surface area contributed by atoms with Gasteiger partial charge in [0.25, 0.3) is 0 Å². The first-order chi connectivity index (χ1) is 14.0. The number of carbonyl (C=O) groups excluding carboxylic acids is 1. The summed E-state index contributed by atoms with van der Waals surface area (Å²) in [5.74, 6) is -2.04. The Morgan fingerprint density at radius 2 is 2.21 bits per heavy atom. The zero-order chi connectivity index (χ0) is 20.7. The van der Waals surface area contributed by atoms with Gasteiger partial charge in [-0.15, -0.1) is 11.3 Å². The fraction of sp³-hybridized carbons (Fsp3) is 0.333. The van der Waals surface area contributed by atoms with Crippen LogP contribution >= 0.6 is 11.3 Å². The van der Waals surface area contributed by atoms with Gasteiger partial charge in [0.1, 0.15) is 10.9 Å². The van der Waals surface area contributed by atoms with E-state index in [9.17, 15) is 14.7 Å². The van der Waals surface area contributed by atoms with Crippen molar-refractivity contribution in [1.82, 2.24) is 14.5 Å². The van der Waals surface area contributed by atoms with E-state index in [4.69, 9.17) is 9.47 Å². The summed E-state index contributed by atoms with van der Waals surface area (Å²) in [7, 11) is 1.23. The second-order valence-electron chi connectivity index (χ2n) is 6.32. The van der Waals surface area contributed by atoms with E-state index in [0.717, 1.165) is 0 Å². The molecule has 152 valence electrons. The number of methoxy groups -OCH3 is 1. The third-order valence-electron chi connectivity index (χ3n) is 4.50. The number of anilines is 1. The van der Waals surface area contributed by atoms with Crippen LogP contribution in [0, 0.1) is 5.82 Å². The second kappa shape index (κ2) is 7.41. The molecule has 1 aliphatic rings. The summed E-state index contributed by atoms with van der Waals surface area (Å²) in [6, 6.07) is 0. The largest absolute Gasteiger partial charge is 0.493 e. The van der Waals surface area contributed by atoms with Crippen LogP contribution in [0.4, 0.5) is 10.2 Å². The molecule has 0 saturated carbocycles. The Bertz CT molecular complexity index is 1140. The van der Waals surface area contributed by atoms with E-state index in [1.54, 1.807) is 18.5 Å². The van der Waals surface area contributed by atoms with Gasteiger partial charge in [-0.05, 0) is 6.92 Å². The molecule has 0 unspecified atom stereocenters. The van der Waals surface area contributed by atoms with Crippen molar-refractivity contribution in [2.24, 2.45) is 0 Å². The zero-order valence-corrected chi connectivity index (χ0v) is 16.4. The van der Waals surface area contributed by atoms with E-state index in [1.807, 2.05) is 0 Å². The molecule has 1 saturated heterocycles. The van der Waals surface area contributed by atoms with E-state index in [-0.39, 0.29) is 47.9 Å². The lowest BCUT2D eigenvalue weighted by molar-refractivity contribution is 0.0524. The molecule has 29 heavy (non-hydrogen) atoms. The van der Waals surface area contributed by atoms with Gasteiger partial charge >= 0.3 is 5.97 Å². The van der Waals surface area contributed by atoms with E-state index in [1.165, 1.54) is 34.1 Å². The third-order valence-corrected chi connectivity index (χ3v) is 5.27. The van der Waals surface area contributed by atoms with Crippen LogP contribution in [0.25, 0.3) is 16.2 Å². The number of hydrogen-bond acceptors (Lipinski definition) is 9. The molecular weight excluding hydrogens is 403 g/mol. The molecular formula is C18H17FN4O5S. The number of β-amino-alcohol motifs (C(OH)–C–C–N with tert-alkyl or cyclic N) is 1. The maximum absolute atomic E-state index is 15.1. The quantitative estimate of drug-likeness (QED) is 0.617. The SMILES string of the molecule is CCOC(=O)c1cn(-c2nccs2)c2nc(N3CC(O)C3)c(F)c(OC)c2c1=O. The van der Waals surface area contributed by atoms with Crippen LogP contribution in [0.2, 0.25) is 0 Å². The summed E-state index contributed by atoms with van der Waals surface area (Å²) in [4.78, 5) is 35.5. The van der Waals surface area contributed by atoms with Crippen molar-refractivity contribution in [1.29, 1.82) is 0 Å². The Morgan fingerprint density at radius 1 is 1.45 bits per heavy atom. The van der Waals surface area contributed by atoms with Crippen LogP contribution < -0.4 is 15.1 Å². The number of esters is 1. The van der Waals surface area contributed by atoms with Crippen LogP contribution in [0.15, 0.2) is 22.6 Å². The number of carbonyl (C=O) groups is 1. The minimum absolute atomic E-state index is 0.0479. The molecule has 4 rings (SSSR count). The number of halogens is 1. The monoisotopic (exact) mass is 420 g/mol. The fourth-order valence-corrected chi connectivity index (χ4v) is 3.76. The average Bonchev–Trinajstić information content (AvgIpc) is 3.20. The second-order valence-corrected chi connectivity index (χ2v) is 7.19. The van der Waals surface area contributed by atoms with Crippen LogP contribution in [0.5, 0.6) is 5.75 Å². The number of hydrogen-bond donors (Lipinski definition) is 1. The maximum Gasteiger partial charge on any atom is 0.343 e. The molecule has 0 atom stereocenters. The maximum atomic E-state index is 15.1. The summed E-state index contributed by atoms with van der Waals surface area (Å²) in [5.41, 5.74) is -0.932. The van der Waals surface area contributed by atoms with E-state index < -0.39 is 23.3 Å². The van der Waals surface area contributed by atoms with Gasteiger partial charge in [0, 0.05) is 30.9 Å². The summed E-state index contributed by atoms with van der Waals surface area (Å²) < 4.78 is 26.8. The highest BCUT2D eigenvalue weighted by molar-refractivity contribution is 7.12. The van der Waals surface area contributed by atoms with Gasteiger partial charge < -0.3 is 19.5 Å². The van der Waals surface area contributed by atoms with Crippen molar-refractivity contribution >= 4 is 34.2 Å². The molecule has 1 N–H and O–H groups in total. The van der Waals surface area contributed by atoms with E-state index in [2.05, 4.69) is 9.97 Å². The first-order valence-electron chi connectivity index (χ1n) is 8.79. The number of rotatable bonds is 5. The molecule has 0 radical (unpaired) electrons. The topological polar surface area (TPSA) is 107 Å². The number of nitrogens with zero attached hydrogens (tertiary/aromatic N) is 4. The Kier molecular flexibility index (Phi) is 4.92. The van der Waals surface area contributed by atoms with E-state index in [0.29, 0.717) is 5.13 Å². The van der Waals surface area contributed by atoms with E-state index >= 15 is 4.39 Å². The van der Waals surface area contributed by atoms with Crippen LogP contribution in [0.1, 0.15) is 17.3 Å². The lowest BCUT2D eigenvalue weighted by Crippen LogP contribution is -2.51. The minimum atomic E-state index is -0.837. The predicted molar refractivity (Wildman–Crippen MR) is 104 cm³/mol. The third kappa shape index (κ3) is 3.12. The Balaban J connectivity index is 2.07. The smallest absolute Gasteiger partial charge is 0.343 e. The number of aromatic nitrogens is 3. The zero-order valence-electron chi connectivity index (χ0n) is 15.6. The highest BCUT2D eigenvalue weighted by Crippen LogP contribution is 2.34. The first-order valence-corrected chi connectivity index (χ1v) is 9.67. The summed E-state index contributed by atoms with van der Waals surface area (Å²) >= 11 is 1.25. The lowest BCUT2D eigenvalue weighted by atomic mass is 10.1. The molecule has 0 bridgehead atoms. The molecule has 11 heteroatoms. The Labute approximate surface area is 167 Å². The van der Waals surface area contributed by atoms with Crippen molar-refractivity contribution in [3.8, 4) is 10.9 Å².